The Labute approximate surface area is 94.4 Å². The Bertz CT molecular complexity index is 153. The van der Waals surface area contributed by atoms with E-state index in [0.717, 1.165) is 6.42 Å². The van der Waals surface area contributed by atoms with E-state index >= 15 is 0 Å². The number of hydrogen-bond acceptors (Lipinski definition) is 2. The maximum atomic E-state index is 11.1. The van der Waals surface area contributed by atoms with Crippen LogP contribution >= 0.6 is 0 Å². The highest BCUT2D eigenvalue weighted by atomic mass is 16.5. The quantitative estimate of drug-likeness (QED) is 0.429. The van der Waals surface area contributed by atoms with Crippen molar-refractivity contribution in [2.24, 2.45) is 5.92 Å². The second-order valence-electron chi connectivity index (χ2n) is 4.44. The van der Waals surface area contributed by atoms with Gasteiger partial charge in [-0.3, -0.25) is 4.79 Å². The summed E-state index contributed by atoms with van der Waals surface area (Å²) in [7, 11) is 0. The largest absolute Gasteiger partial charge is 0.465 e. The fourth-order valence-electron chi connectivity index (χ4n) is 1.40. The van der Waals surface area contributed by atoms with Gasteiger partial charge in [0.1, 0.15) is 0 Å². The summed E-state index contributed by atoms with van der Waals surface area (Å²) in [4.78, 5) is 11.1. The number of ether oxygens (including phenoxy) is 1. The number of carbonyl (C=O) groups is 1. The topological polar surface area (TPSA) is 26.3 Å². The molecule has 0 spiro atoms. The number of carbonyl (C=O) groups excluding carboxylic acids is 1. The second-order valence-corrected chi connectivity index (χ2v) is 4.44. The van der Waals surface area contributed by atoms with E-state index in [1.165, 1.54) is 38.5 Å². The molecule has 0 aliphatic heterocycles. The molecule has 0 aromatic heterocycles. The van der Waals surface area contributed by atoms with Crippen molar-refractivity contribution >= 4 is 5.97 Å². The molecule has 0 heterocycles. The van der Waals surface area contributed by atoms with Crippen molar-refractivity contribution in [3.63, 3.8) is 0 Å². The van der Waals surface area contributed by atoms with Crippen LogP contribution in [0.4, 0.5) is 0 Å². The van der Waals surface area contributed by atoms with Crippen LogP contribution in [-0.4, -0.2) is 12.6 Å². The number of rotatable bonds is 9. The molecule has 0 aliphatic carbocycles. The zero-order valence-corrected chi connectivity index (χ0v) is 10.6. The Balaban J connectivity index is 3.08. The van der Waals surface area contributed by atoms with Crippen LogP contribution in [0.1, 0.15) is 65.7 Å². The molecule has 0 atom stereocenters. The van der Waals surface area contributed by atoms with Crippen LogP contribution in [-0.2, 0) is 9.53 Å². The van der Waals surface area contributed by atoms with Gasteiger partial charge in [0.2, 0.25) is 0 Å². The van der Waals surface area contributed by atoms with Crippen molar-refractivity contribution in [2.75, 3.05) is 6.61 Å². The Morgan fingerprint density at radius 3 is 2.07 bits per heavy atom. The van der Waals surface area contributed by atoms with E-state index in [0.29, 0.717) is 6.61 Å². The van der Waals surface area contributed by atoms with Crippen LogP contribution in [0, 0.1) is 5.92 Å². The van der Waals surface area contributed by atoms with Crippen molar-refractivity contribution < 1.29 is 9.53 Å². The summed E-state index contributed by atoms with van der Waals surface area (Å²) in [5, 5.41) is 0. The molecule has 90 valence electrons. The van der Waals surface area contributed by atoms with Crippen LogP contribution in [0.5, 0.6) is 0 Å². The van der Waals surface area contributed by atoms with E-state index in [-0.39, 0.29) is 11.9 Å². The molecular formula is C13H26O2. The molecule has 0 amide bonds. The molecule has 0 fully saturated rings. The minimum absolute atomic E-state index is 0.00885. The van der Waals surface area contributed by atoms with Gasteiger partial charge in [-0.2, -0.15) is 0 Å². The first-order valence-electron chi connectivity index (χ1n) is 6.35. The molecule has 0 bridgehead atoms. The minimum Gasteiger partial charge on any atom is -0.465 e. The number of esters is 1. The summed E-state index contributed by atoms with van der Waals surface area (Å²) in [5.41, 5.74) is 0. The van der Waals surface area contributed by atoms with Crippen LogP contribution < -0.4 is 0 Å². The highest BCUT2D eigenvalue weighted by molar-refractivity contribution is 5.71. The van der Waals surface area contributed by atoms with Gasteiger partial charge < -0.3 is 4.74 Å². The van der Waals surface area contributed by atoms with Crippen molar-refractivity contribution in [3.05, 3.63) is 0 Å². The maximum Gasteiger partial charge on any atom is 0.308 e. The molecule has 0 N–H and O–H groups in total. The van der Waals surface area contributed by atoms with E-state index in [1.54, 1.807) is 0 Å². The van der Waals surface area contributed by atoms with Gasteiger partial charge in [-0.05, 0) is 6.42 Å². The van der Waals surface area contributed by atoms with Crippen molar-refractivity contribution in [1.82, 2.24) is 0 Å². The molecule has 0 rings (SSSR count). The van der Waals surface area contributed by atoms with E-state index in [1.807, 2.05) is 13.8 Å². The summed E-state index contributed by atoms with van der Waals surface area (Å²) in [6.45, 7) is 6.57. The van der Waals surface area contributed by atoms with Gasteiger partial charge in [0, 0.05) is 0 Å². The third kappa shape index (κ3) is 9.77. The van der Waals surface area contributed by atoms with E-state index in [9.17, 15) is 4.79 Å². The summed E-state index contributed by atoms with van der Waals surface area (Å²) in [6.07, 6.45) is 8.81. The molecule has 0 radical (unpaired) electrons. The van der Waals surface area contributed by atoms with Crippen LogP contribution in [0.2, 0.25) is 0 Å². The molecule has 0 saturated carbocycles. The van der Waals surface area contributed by atoms with Crippen molar-refractivity contribution in [1.29, 1.82) is 0 Å². The first-order valence-corrected chi connectivity index (χ1v) is 6.35. The van der Waals surface area contributed by atoms with Crippen LogP contribution in [0.25, 0.3) is 0 Å². The Morgan fingerprint density at radius 2 is 1.53 bits per heavy atom. The predicted molar refractivity (Wildman–Crippen MR) is 63.8 cm³/mol. The molecule has 0 unspecified atom stereocenters. The van der Waals surface area contributed by atoms with Gasteiger partial charge in [-0.1, -0.05) is 59.3 Å². The highest BCUT2D eigenvalue weighted by Gasteiger charge is 2.06. The average Bonchev–Trinajstić information content (AvgIpc) is 2.21. The average molecular weight is 214 g/mol. The number of unbranched alkanes of at least 4 members (excludes halogenated alkanes) is 6. The van der Waals surface area contributed by atoms with Gasteiger partial charge in [-0.15, -0.1) is 0 Å². The van der Waals surface area contributed by atoms with Gasteiger partial charge in [0.05, 0.1) is 12.5 Å². The lowest BCUT2D eigenvalue weighted by Crippen LogP contribution is -2.12. The molecule has 0 saturated heterocycles. The Morgan fingerprint density at radius 1 is 1.00 bits per heavy atom. The lowest BCUT2D eigenvalue weighted by atomic mass is 10.1. The zero-order valence-electron chi connectivity index (χ0n) is 10.6. The maximum absolute atomic E-state index is 11.1. The van der Waals surface area contributed by atoms with Crippen LogP contribution in [0.15, 0.2) is 0 Å². The first-order chi connectivity index (χ1) is 7.18. The summed E-state index contributed by atoms with van der Waals surface area (Å²) < 4.78 is 5.09. The normalized spacial score (nSPS) is 10.7. The lowest BCUT2D eigenvalue weighted by Gasteiger charge is -2.06. The highest BCUT2D eigenvalue weighted by Crippen LogP contribution is 2.07. The third-order valence-electron chi connectivity index (χ3n) is 2.46. The molecular weight excluding hydrogens is 188 g/mol. The number of hydrogen-bond donors (Lipinski definition) is 0. The molecule has 15 heavy (non-hydrogen) atoms. The minimum atomic E-state index is -0.0685. The molecule has 0 aromatic carbocycles. The van der Waals surface area contributed by atoms with Gasteiger partial charge in [0.25, 0.3) is 0 Å². The monoisotopic (exact) mass is 214 g/mol. The van der Waals surface area contributed by atoms with E-state index in [2.05, 4.69) is 6.92 Å². The fourth-order valence-corrected chi connectivity index (χ4v) is 1.40. The predicted octanol–water partition coefficient (Wildman–Crippen LogP) is 3.94. The summed E-state index contributed by atoms with van der Waals surface area (Å²) >= 11 is 0. The Hall–Kier alpha value is -0.530. The van der Waals surface area contributed by atoms with Crippen molar-refractivity contribution in [2.45, 2.75) is 65.7 Å². The molecule has 2 heteroatoms. The summed E-state index contributed by atoms with van der Waals surface area (Å²) in [6, 6.07) is 0. The van der Waals surface area contributed by atoms with Crippen molar-refractivity contribution in [3.8, 4) is 0 Å². The zero-order chi connectivity index (χ0) is 11.5. The standard InChI is InChI=1S/C13H26O2/c1-4-5-6-7-8-9-10-11-15-13(14)12(2)3/h12H,4-11H2,1-3H3. The van der Waals surface area contributed by atoms with Gasteiger partial charge in [0.15, 0.2) is 0 Å². The molecule has 0 aliphatic rings. The first kappa shape index (κ1) is 14.5. The van der Waals surface area contributed by atoms with E-state index < -0.39 is 0 Å². The smallest absolute Gasteiger partial charge is 0.308 e. The van der Waals surface area contributed by atoms with Gasteiger partial charge >= 0.3 is 5.97 Å². The Kier molecular flexibility index (Phi) is 9.65. The second kappa shape index (κ2) is 10.0. The summed E-state index contributed by atoms with van der Waals surface area (Å²) in [5.74, 6) is -0.0597. The van der Waals surface area contributed by atoms with Crippen LogP contribution in [0.3, 0.4) is 0 Å². The molecule has 2 nitrogen and oxygen atoms in total. The fraction of sp³-hybridized carbons (Fsp3) is 0.923. The SMILES string of the molecule is CCCCCCCCCOC(=O)C(C)C. The van der Waals surface area contributed by atoms with Gasteiger partial charge in [-0.25, -0.2) is 0 Å². The lowest BCUT2D eigenvalue weighted by molar-refractivity contribution is -0.147. The third-order valence-corrected chi connectivity index (χ3v) is 2.46. The molecule has 0 aromatic rings. The van der Waals surface area contributed by atoms with E-state index in [4.69, 9.17) is 4.74 Å².